The van der Waals surface area contributed by atoms with Crippen LogP contribution in [-0.4, -0.2) is 6.54 Å². The minimum Gasteiger partial charge on any atom is -0.457 e. The molecule has 4 heteroatoms. The molecule has 0 aliphatic carbocycles. The first-order chi connectivity index (χ1) is 10.1. The Hall–Kier alpha value is -2.02. The van der Waals surface area contributed by atoms with Crippen molar-refractivity contribution in [3.05, 3.63) is 58.6 Å². The fourth-order valence-corrected chi connectivity index (χ4v) is 2.41. The number of halogens is 1. The van der Waals surface area contributed by atoms with Gasteiger partial charge in [-0.25, -0.2) is 0 Å². The Morgan fingerprint density at radius 1 is 1.19 bits per heavy atom. The van der Waals surface area contributed by atoms with Gasteiger partial charge in [0.25, 0.3) is 0 Å². The number of nitriles is 1. The summed E-state index contributed by atoms with van der Waals surface area (Å²) in [5, 5.41) is 12.8. The molecule has 1 unspecified atom stereocenters. The minimum absolute atomic E-state index is 0.200. The van der Waals surface area contributed by atoms with Gasteiger partial charge in [-0.2, -0.15) is 5.26 Å². The molecule has 3 nitrogen and oxygen atoms in total. The van der Waals surface area contributed by atoms with E-state index in [1.54, 1.807) is 24.3 Å². The van der Waals surface area contributed by atoms with Crippen molar-refractivity contribution in [1.82, 2.24) is 5.32 Å². The van der Waals surface area contributed by atoms with E-state index in [2.05, 4.69) is 25.2 Å². The number of nitrogens with zero attached hydrogens (tertiary/aromatic N) is 1. The molecule has 0 aliphatic heterocycles. The van der Waals surface area contributed by atoms with Gasteiger partial charge >= 0.3 is 0 Å². The first kappa shape index (κ1) is 15.4. The summed E-state index contributed by atoms with van der Waals surface area (Å²) in [5.74, 6) is 1.36. The van der Waals surface area contributed by atoms with Crippen LogP contribution >= 0.6 is 11.6 Å². The van der Waals surface area contributed by atoms with Crippen LogP contribution in [0.15, 0.2) is 42.5 Å². The highest BCUT2D eigenvalue weighted by Gasteiger charge is 2.09. The molecule has 2 rings (SSSR count). The number of rotatable bonds is 5. The zero-order chi connectivity index (χ0) is 15.2. The molecule has 0 spiro atoms. The molecule has 0 fully saturated rings. The van der Waals surface area contributed by atoms with Crippen molar-refractivity contribution < 1.29 is 4.74 Å². The Labute approximate surface area is 130 Å². The van der Waals surface area contributed by atoms with Crippen LogP contribution in [0.1, 0.15) is 31.0 Å². The highest BCUT2D eigenvalue weighted by molar-refractivity contribution is 6.31. The van der Waals surface area contributed by atoms with Gasteiger partial charge in [0, 0.05) is 11.1 Å². The molecule has 0 amide bonds. The summed E-state index contributed by atoms with van der Waals surface area (Å²) in [6.07, 6.45) is 0. The molecule has 1 atom stereocenters. The second-order valence-corrected chi connectivity index (χ2v) is 5.11. The number of nitrogens with one attached hydrogen (secondary N) is 1. The smallest absolute Gasteiger partial charge is 0.128 e. The topological polar surface area (TPSA) is 45.0 Å². The third-order valence-corrected chi connectivity index (χ3v) is 3.50. The standard InChI is InChI=1S/C17H17ClN2O/c1-3-20-12(2)16-9-8-15(10-17(16)18)21-14-6-4-13(11-19)5-7-14/h4-10,12,20H,3H2,1-2H3. The molecule has 2 aromatic rings. The molecular formula is C17H17ClN2O. The van der Waals surface area contributed by atoms with Gasteiger partial charge in [-0.3, -0.25) is 0 Å². The van der Waals surface area contributed by atoms with E-state index in [9.17, 15) is 0 Å². The molecule has 0 radical (unpaired) electrons. The summed E-state index contributed by atoms with van der Waals surface area (Å²) in [7, 11) is 0. The van der Waals surface area contributed by atoms with E-state index >= 15 is 0 Å². The Balaban J connectivity index is 2.14. The van der Waals surface area contributed by atoms with E-state index in [-0.39, 0.29) is 6.04 Å². The van der Waals surface area contributed by atoms with Gasteiger partial charge in [0.1, 0.15) is 11.5 Å². The molecule has 21 heavy (non-hydrogen) atoms. The van der Waals surface area contributed by atoms with Gasteiger partial charge in [0.05, 0.1) is 11.6 Å². The monoisotopic (exact) mass is 300 g/mol. The number of hydrogen-bond donors (Lipinski definition) is 1. The van der Waals surface area contributed by atoms with E-state index < -0.39 is 0 Å². The maximum absolute atomic E-state index is 8.77. The molecule has 0 heterocycles. The predicted octanol–water partition coefficient (Wildman–Crippen LogP) is 4.67. The third-order valence-electron chi connectivity index (χ3n) is 3.17. The number of benzene rings is 2. The Bertz CT molecular complexity index is 647. The van der Waals surface area contributed by atoms with E-state index in [1.807, 2.05) is 18.2 Å². The van der Waals surface area contributed by atoms with Crippen LogP contribution in [-0.2, 0) is 0 Å². The second kappa shape index (κ2) is 7.12. The summed E-state index contributed by atoms with van der Waals surface area (Å²) in [4.78, 5) is 0. The molecule has 2 aromatic carbocycles. The van der Waals surface area contributed by atoms with Crippen molar-refractivity contribution in [3.8, 4) is 17.6 Å². The fourth-order valence-electron chi connectivity index (χ4n) is 2.07. The second-order valence-electron chi connectivity index (χ2n) is 4.70. The van der Waals surface area contributed by atoms with Gasteiger partial charge in [0.2, 0.25) is 0 Å². The van der Waals surface area contributed by atoms with E-state index in [4.69, 9.17) is 21.6 Å². The van der Waals surface area contributed by atoms with Gasteiger partial charge in [0.15, 0.2) is 0 Å². The highest BCUT2D eigenvalue weighted by atomic mass is 35.5. The summed E-state index contributed by atoms with van der Waals surface area (Å²) < 4.78 is 5.74. The summed E-state index contributed by atoms with van der Waals surface area (Å²) in [5.41, 5.74) is 1.65. The zero-order valence-electron chi connectivity index (χ0n) is 12.1. The van der Waals surface area contributed by atoms with Crippen LogP contribution in [0.25, 0.3) is 0 Å². The van der Waals surface area contributed by atoms with Crippen LogP contribution in [0.3, 0.4) is 0 Å². The largest absolute Gasteiger partial charge is 0.457 e. The van der Waals surface area contributed by atoms with Crippen LogP contribution in [0.4, 0.5) is 0 Å². The van der Waals surface area contributed by atoms with Crippen LogP contribution in [0.5, 0.6) is 11.5 Å². The lowest BCUT2D eigenvalue weighted by Crippen LogP contribution is -2.17. The van der Waals surface area contributed by atoms with Crippen molar-refractivity contribution in [2.24, 2.45) is 0 Å². The molecule has 0 saturated heterocycles. The maximum atomic E-state index is 8.77. The van der Waals surface area contributed by atoms with Crippen LogP contribution < -0.4 is 10.1 Å². The van der Waals surface area contributed by atoms with Gasteiger partial charge in [-0.1, -0.05) is 24.6 Å². The summed E-state index contributed by atoms with van der Waals surface area (Å²) in [6, 6.07) is 14.9. The normalized spacial score (nSPS) is 11.7. The highest BCUT2D eigenvalue weighted by Crippen LogP contribution is 2.30. The van der Waals surface area contributed by atoms with Crippen molar-refractivity contribution in [2.75, 3.05) is 6.54 Å². The van der Waals surface area contributed by atoms with Crippen molar-refractivity contribution in [3.63, 3.8) is 0 Å². The lowest BCUT2D eigenvalue weighted by Gasteiger charge is -2.15. The Kier molecular flexibility index (Phi) is 5.21. The lowest BCUT2D eigenvalue weighted by molar-refractivity contribution is 0.482. The first-order valence-electron chi connectivity index (χ1n) is 6.85. The Morgan fingerprint density at radius 3 is 2.43 bits per heavy atom. The van der Waals surface area contributed by atoms with E-state index in [0.717, 1.165) is 12.1 Å². The molecule has 0 bridgehead atoms. The maximum Gasteiger partial charge on any atom is 0.128 e. The number of ether oxygens (including phenoxy) is 1. The summed E-state index contributed by atoms with van der Waals surface area (Å²) >= 11 is 6.31. The molecule has 108 valence electrons. The lowest BCUT2D eigenvalue weighted by atomic mass is 10.1. The minimum atomic E-state index is 0.200. The molecule has 0 saturated carbocycles. The number of hydrogen-bond acceptors (Lipinski definition) is 3. The summed E-state index contributed by atoms with van der Waals surface area (Å²) in [6.45, 7) is 5.03. The van der Waals surface area contributed by atoms with Crippen LogP contribution in [0, 0.1) is 11.3 Å². The van der Waals surface area contributed by atoms with Crippen molar-refractivity contribution in [2.45, 2.75) is 19.9 Å². The van der Waals surface area contributed by atoms with Crippen molar-refractivity contribution >= 4 is 11.6 Å². The van der Waals surface area contributed by atoms with Gasteiger partial charge in [-0.15, -0.1) is 0 Å². The average molecular weight is 301 g/mol. The fraction of sp³-hybridized carbons (Fsp3) is 0.235. The third kappa shape index (κ3) is 3.98. The van der Waals surface area contributed by atoms with Crippen LogP contribution in [0.2, 0.25) is 5.02 Å². The van der Waals surface area contributed by atoms with Gasteiger partial charge < -0.3 is 10.1 Å². The SMILES string of the molecule is CCNC(C)c1ccc(Oc2ccc(C#N)cc2)cc1Cl. The van der Waals surface area contributed by atoms with E-state index in [0.29, 0.717) is 22.1 Å². The Morgan fingerprint density at radius 2 is 1.86 bits per heavy atom. The van der Waals surface area contributed by atoms with Crippen molar-refractivity contribution in [1.29, 1.82) is 5.26 Å². The molecule has 0 aromatic heterocycles. The predicted molar refractivity (Wildman–Crippen MR) is 84.8 cm³/mol. The van der Waals surface area contributed by atoms with E-state index in [1.165, 1.54) is 0 Å². The quantitative estimate of drug-likeness (QED) is 0.872. The first-order valence-corrected chi connectivity index (χ1v) is 7.22. The molecular weight excluding hydrogens is 284 g/mol. The molecule has 1 N–H and O–H groups in total. The molecule has 0 aliphatic rings. The van der Waals surface area contributed by atoms with Gasteiger partial charge in [-0.05, 0) is 55.4 Å². The average Bonchev–Trinajstić information content (AvgIpc) is 2.48. The zero-order valence-corrected chi connectivity index (χ0v) is 12.8.